The summed E-state index contributed by atoms with van der Waals surface area (Å²) in [5.74, 6) is -0.240. The van der Waals surface area contributed by atoms with Crippen LogP contribution in [-0.4, -0.2) is 83.7 Å². The summed E-state index contributed by atoms with van der Waals surface area (Å²) in [5, 5.41) is 13.5. The van der Waals surface area contributed by atoms with Crippen molar-refractivity contribution >= 4 is 45.1 Å². The number of amides is 2. The summed E-state index contributed by atoms with van der Waals surface area (Å²) in [6.07, 6.45) is 1.90. The molecule has 0 aliphatic carbocycles. The number of hydrogen-bond donors (Lipinski definition) is 3. The zero-order chi connectivity index (χ0) is 23.1. The first-order valence-electron chi connectivity index (χ1n) is 11.2. The van der Waals surface area contributed by atoms with Crippen molar-refractivity contribution in [1.29, 1.82) is 0 Å². The largest absolute Gasteiger partial charge is 0.390 e. The number of carbonyl (C=O) groups excluding carboxylic acids is 2. The highest BCUT2D eigenvalue weighted by Gasteiger charge is 2.32. The highest BCUT2D eigenvalue weighted by molar-refractivity contribution is 9.10. The molecule has 1 atom stereocenters. The number of anilines is 1. The molecule has 3 aliphatic heterocycles. The van der Waals surface area contributed by atoms with Gasteiger partial charge in [0.05, 0.1) is 36.1 Å². The van der Waals surface area contributed by atoms with Crippen molar-refractivity contribution in [3.05, 3.63) is 50.8 Å². The van der Waals surface area contributed by atoms with Gasteiger partial charge in [-0.15, -0.1) is 0 Å². The van der Waals surface area contributed by atoms with Gasteiger partial charge in [0, 0.05) is 60.6 Å². The fourth-order valence-electron chi connectivity index (χ4n) is 4.86. The highest BCUT2D eigenvalue weighted by Crippen LogP contribution is 2.39. The van der Waals surface area contributed by atoms with E-state index in [0.717, 1.165) is 45.8 Å². The van der Waals surface area contributed by atoms with Gasteiger partial charge in [0.2, 0.25) is 0 Å². The van der Waals surface area contributed by atoms with Crippen molar-refractivity contribution in [3.63, 3.8) is 0 Å². The van der Waals surface area contributed by atoms with Crippen LogP contribution < -0.4 is 5.32 Å². The SMILES string of the molecule is Cc1c(/C=C2\C(=O)Nc3cccc(Br)c32)[nH]c2c1C(=O)N(C[C@@H](O)CN1CCOCC1)CC2. The molecule has 174 valence electrons. The van der Waals surface area contributed by atoms with Crippen molar-refractivity contribution in [2.45, 2.75) is 19.4 Å². The van der Waals surface area contributed by atoms with E-state index in [1.807, 2.05) is 31.2 Å². The maximum atomic E-state index is 13.3. The van der Waals surface area contributed by atoms with Crippen molar-refractivity contribution < 1.29 is 19.4 Å². The van der Waals surface area contributed by atoms with E-state index < -0.39 is 6.10 Å². The number of halogens is 1. The second kappa shape index (κ2) is 9.06. The summed E-state index contributed by atoms with van der Waals surface area (Å²) in [5.41, 5.74) is 5.27. The Hall–Kier alpha value is -2.46. The number of aliphatic hydroxyl groups excluding tert-OH is 1. The molecule has 3 aliphatic rings. The lowest BCUT2D eigenvalue weighted by Crippen LogP contribution is -2.47. The molecular formula is C24H27BrN4O4. The number of nitrogens with one attached hydrogen (secondary N) is 2. The van der Waals surface area contributed by atoms with Crippen LogP contribution in [-0.2, 0) is 16.0 Å². The number of carbonyl (C=O) groups is 2. The Kier molecular flexibility index (Phi) is 6.13. The molecule has 0 bridgehead atoms. The number of aromatic amines is 1. The molecule has 0 unspecified atom stereocenters. The van der Waals surface area contributed by atoms with E-state index in [4.69, 9.17) is 4.74 Å². The van der Waals surface area contributed by atoms with Crippen LogP contribution in [0.1, 0.15) is 32.9 Å². The predicted molar refractivity (Wildman–Crippen MR) is 129 cm³/mol. The van der Waals surface area contributed by atoms with Gasteiger partial charge in [0.1, 0.15) is 0 Å². The third-order valence-electron chi connectivity index (χ3n) is 6.57. The van der Waals surface area contributed by atoms with Crippen LogP contribution in [0.5, 0.6) is 0 Å². The summed E-state index contributed by atoms with van der Waals surface area (Å²) in [4.78, 5) is 33.2. The summed E-state index contributed by atoms with van der Waals surface area (Å²) in [6, 6.07) is 5.66. The Bertz CT molecular complexity index is 1140. The number of ether oxygens (including phenoxy) is 1. The monoisotopic (exact) mass is 514 g/mol. The smallest absolute Gasteiger partial charge is 0.256 e. The summed E-state index contributed by atoms with van der Waals surface area (Å²) in [6.45, 7) is 6.26. The molecule has 2 amide bonds. The van der Waals surface area contributed by atoms with Crippen LogP contribution in [0.2, 0.25) is 0 Å². The van der Waals surface area contributed by atoms with Crippen molar-refractivity contribution in [3.8, 4) is 0 Å². The van der Waals surface area contributed by atoms with E-state index >= 15 is 0 Å². The first-order valence-corrected chi connectivity index (χ1v) is 12.0. The number of aliphatic hydroxyl groups is 1. The number of β-amino-alcohol motifs (C(OH)–C–C–N with tert-alkyl or cyclic N) is 1. The molecule has 0 radical (unpaired) electrons. The number of morpholine rings is 1. The molecule has 0 saturated carbocycles. The zero-order valence-electron chi connectivity index (χ0n) is 18.5. The molecule has 33 heavy (non-hydrogen) atoms. The zero-order valence-corrected chi connectivity index (χ0v) is 20.1. The van der Waals surface area contributed by atoms with Crippen molar-refractivity contribution in [2.24, 2.45) is 0 Å². The Morgan fingerprint density at radius 3 is 2.76 bits per heavy atom. The van der Waals surface area contributed by atoms with Gasteiger partial charge in [0.25, 0.3) is 11.8 Å². The number of nitrogens with zero attached hydrogens (tertiary/aromatic N) is 2. The number of H-pyrrole nitrogens is 1. The summed E-state index contributed by atoms with van der Waals surface area (Å²) in [7, 11) is 0. The van der Waals surface area contributed by atoms with E-state index in [9.17, 15) is 14.7 Å². The highest BCUT2D eigenvalue weighted by atomic mass is 79.9. The third-order valence-corrected chi connectivity index (χ3v) is 7.23. The Labute approximate surface area is 200 Å². The first kappa shape index (κ1) is 22.3. The molecule has 2 aromatic rings. The molecule has 8 nitrogen and oxygen atoms in total. The number of rotatable bonds is 5. The Morgan fingerprint density at radius 1 is 1.18 bits per heavy atom. The first-order chi connectivity index (χ1) is 15.9. The lowest BCUT2D eigenvalue weighted by molar-refractivity contribution is -0.110. The second-order valence-corrected chi connectivity index (χ2v) is 9.61. The van der Waals surface area contributed by atoms with Crippen LogP contribution in [0, 0.1) is 6.92 Å². The molecule has 3 N–H and O–H groups in total. The standard InChI is InChI=1S/C24H27BrN4O4/c1-14-20(11-16-22-17(25)3-2-4-18(22)27-23(16)31)26-19-5-6-29(24(32)21(14)19)13-15(30)12-28-7-9-33-10-8-28/h2-4,11,15,26,30H,5-10,12-13H2,1H3,(H,27,31)/b16-11-/t15-/m0/s1. The van der Waals surface area contributed by atoms with E-state index in [-0.39, 0.29) is 11.8 Å². The fourth-order valence-corrected chi connectivity index (χ4v) is 5.44. The maximum absolute atomic E-state index is 13.3. The molecule has 1 saturated heterocycles. The van der Waals surface area contributed by atoms with Crippen LogP contribution >= 0.6 is 15.9 Å². The van der Waals surface area contributed by atoms with Crippen molar-refractivity contribution in [2.75, 3.05) is 51.3 Å². The second-order valence-electron chi connectivity index (χ2n) is 8.76. The van der Waals surface area contributed by atoms with Crippen molar-refractivity contribution in [1.82, 2.24) is 14.8 Å². The van der Waals surface area contributed by atoms with Gasteiger partial charge in [-0.1, -0.05) is 22.0 Å². The average Bonchev–Trinajstić information content (AvgIpc) is 3.28. The van der Waals surface area contributed by atoms with Gasteiger partial charge in [0.15, 0.2) is 0 Å². The van der Waals surface area contributed by atoms with Crippen LogP contribution in [0.25, 0.3) is 11.6 Å². The number of benzene rings is 1. The normalized spacial score (nSPS) is 20.7. The molecule has 5 rings (SSSR count). The van der Waals surface area contributed by atoms with Crippen LogP contribution in [0.4, 0.5) is 5.69 Å². The van der Waals surface area contributed by atoms with Gasteiger partial charge < -0.3 is 25.0 Å². The van der Waals surface area contributed by atoms with Crippen LogP contribution in [0.3, 0.4) is 0 Å². The van der Waals surface area contributed by atoms with Gasteiger partial charge in [-0.05, 0) is 30.7 Å². The van der Waals surface area contributed by atoms with Gasteiger partial charge in [-0.3, -0.25) is 14.5 Å². The average molecular weight is 515 g/mol. The van der Waals surface area contributed by atoms with E-state index in [2.05, 4.69) is 31.1 Å². The van der Waals surface area contributed by atoms with E-state index in [1.165, 1.54) is 0 Å². The number of aromatic nitrogens is 1. The van der Waals surface area contributed by atoms with Crippen LogP contribution in [0.15, 0.2) is 22.7 Å². The Balaban J connectivity index is 1.36. The molecule has 1 fully saturated rings. The maximum Gasteiger partial charge on any atom is 0.256 e. The minimum absolute atomic E-state index is 0.0758. The molecule has 1 aromatic heterocycles. The minimum Gasteiger partial charge on any atom is -0.390 e. The molecule has 4 heterocycles. The quantitative estimate of drug-likeness (QED) is 0.531. The fraction of sp³-hybridized carbons (Fsp3) is 0.417. The van der Waals surface area contributed by atoms with Gasteiger partial charge in [-0.2, -0.15) is 0 Å². The van der Waals surface area contributed by atoms with Gasteiger partial charge in [-0.25, -0.2) is 0 Å². The third kappa shape index (κ3) is 4.26. The minimum atomic E-state index is -0.606. The lowest BCUT2D eigenvalue weighted by atomic mass is 10.0. The summed E-state index contributed by atoms with van der Waals surface area (Å²) < 4.78 is 6.20. The Morgan fingerprint density at radius 2 is 1.97 bits per heavy atom. The molecule has 0 spiro atoms. The molecule has 9 heteroatoms. The molecular weight excluding hydrogens is 488 g/mol. The predicted octanol–water partition coefficient (Wildman–Crippen LogP) is 2.27. The lowest BCUT2D eigenvalue weighted by Gasteiger charge is -2.32. The number of hydrogen-bond acceptors (Lipinski definition) is 5. The van der Waals surface area contributed by atoms with E-state index in [0.29, 0.717) is 50.4 Å². The molecule has 1 aromatic carbocycles. The van der Waals surface area contributed by atoms with Gasteiger partial charge >= 0.3 is 0 Å². The topological polar surface area (TPSA) is 97.9 Å². The van der Waals surface area contributed by atoms with E-state index in [1.54, 1.807) is 4.90 Å². The summed E-state index contributed by atoms with van der Waals surface area (Å²) >= 11 is 3.54. The number of fused-ring (bicyclic) bond motifs is 2.